The molecule has 2 aliphatic rings. The first kappa shape index (κ1) is 18.0. The summed E-state index contributed by atoms with van der Waals surface area (Å²) in [6.45, 7) is 1.11. The molecule has 24 heavy (non-hydrogen) atoms. The topological polar surface area (TPSA) is 77.7 Å². The van der Waals surface area contributed by atoms with Gasteiger partial charge in [-0.3, -0.25) is 0 Å². The summed E-state index contributed by atoms with van der Waals surface area (Å²) in [7, 11) is 0. The van der Waals surface area contributed by atoms with Gasteiger partial charge in [0.2, 0.25) is 0 Å². The molecule has 0 amide bonds. The molecule has 2 atom stereocenters. The van der Waals surface area contributed by atoms with Gasteiger partial charge in [0.15, 0.2) is 0 Å². The number of ether oxygens (including phenoxy) is 4. The van der Waals surface area contributed by atoms with Crippen molar-refractivity contribution in [2.75, 3.05) is 26.4 Å². The Balaban J connectivity index is 1.88. The first-order valence-corrected chi connectivity index (χ1v) is 8.34. The van der Waals surface area contributed by atoms with Crippen molar-refractivity contribution in [3.8, 4) is 0 Å². The van der Waals surface area contributed by atoms with Crippen LogP contribution in [0, 0.1) is 0 Å². The molecule has 0 aliphatic carbocycles. The fourth-order valence-corrected chi connectivity index (χ4v) is 3.01. The molecule has 2 unspecified atom stereocenters. The predicted molar refractivity (Wildman–Crippen MR) is 86.5 cm³/mol. The molecular formula is C14H10Cl4O6. The summed E-state index contributed by atoms with van der Waals surface area (Å²) < 4.78 is 20.0. The second kappa shape index (κ2) is 7.23. The van der Waals surface area contributed by atoms with Gasteiger partial charge in [-0.1, -0.05) is 46.4 Å². The Hall–Kier alpha value is -0.760. The smallest absolute Gasteiger partial charge is 0.341 e. The molecular weight excluding hydrogens is 406 g/mol. The maximum atomic E-state index is 12.2. The van der Waals surface area contributed by atoms with Crippen LogP contribution in [-0.4, -0.2) is 50.6 Å². The van der Waals surface area contributed by atoms with E-state index in [4.69, 9.17) is 65.4 Å². The van der Waals surface area contributed by atoms with Crippen LogP contribution in [0.5, 0.6) is 0 Å². The third kappa shape index (κ3) is 3.90. The molecule has 1 aromatic carbocycles. The normalized spacial score (nSPS) is 21.3. The molecule has 3 rings (SSSR count). The molecule has 0 aromatic heterocycles. The Bertz CT molecular complexity index is 644. The average molecular weight is 416 g/mol. The Kier molecular flexibility index (Phi) is 5.44. The fraction of sp³-hybridized carbons (Fsp3) is 0.429. The highest BCUT2D eigenvalue weighted by Crippen LogP contribution is 2.42. The third-order valence-corrected chi connectivity index (χ3v) is 4.98. The molecule has 10 heteroatoms. The van der Waals surface area contributed by atoms with Gasteiger partial charge < -0.3 is 18.9 Å². The largest absolute Gasteiger partial charge is 0.459 e. The minimum absolute atomic E-state index is 0.0462. The van der Waals surface area contributed by atoms with E-state index in [0.29, 0.717) is 13.2 Å². The van der Waals surface area contributed by atoms with E-state index in [-0.39, 0.29) is 56.6 Å². The second-order valence-electron chi connectivity index (χ2n) is 5.11. The summed E-state index contributed by atoms with van der Waals surface area (Å²) in [6, 6.07) is 0. The number of rotatable bonds is 6. The van der Waals surface area contributed by atoms with Crippen LogP contribution >= 0.6 is 46.4 Å². The van der Waals surface area contributed by atoms with Crippen molar-refractivity contribution in [1.82, 2.24) is 0 Å². The highest BCUT2D eigenvalue weighted by atomic mass is 35.5. The van der Waals surface area contributed by atoms with Crippen molar-refractivity contribution < 1.29 is 28.5 Å². The minimum atomic E-state index is -0.835. The number of esters is 2. The van der Waals surface area contributed by atoms with Gasteiger partial charge in [0.25, 0.3) is 0 Å². The van der Waals surface area contributed by atoms with Crippen LogP contribution in [-0.2, 0) is 18.9 Å². The SMILES string of the molecule is O=C(OCC1CO1)c1c(Cl)c(Cl)c(Cl)c(C(=O)OCC2CO2)c1Cl. The van der Waals surface area contributed by atoms with Gasteiger partial charge in [0, 0.05) is 0 Å². The van der Waals surface area contributed by atoms with E-state index in [1.165, 1.54) is 0 Å². The Morgan fingerprint density at radius 2 is 1.17 bits per heavy atom. The minimum Gasteiger partial charge on any atom is -0.459 e. The molecule has 2 fully saturated rings. The van der Waals surface area contributed by atoms with Gasteiger partial charge in [-0.15, -0.1) is 0 Å². The maximum absolute atomic E-state index is 12.2. The highest BCUT2D eigenvalue weighted by molar-refractivity contribution is 6.53. The number of halogens is 4. The van der Waals surface area contributed by atoms with Crippen LogP contribution in [0.2, 0.25) is 20.1 Å². The molecule has 1 aromatic rings. The van der Waals surface area contributed by atoms with E-state index in [1.807, 2.05) is 0 Å². The monoisotopic (exact) mass is 414 g/mol. The number of carbonyl (C=O) groups is 2. The zero-order valence-electron chi connectivity index (χ0n) is 11.9. The van der Waals surface area contributed by atoms with Gasteiger partial charge in [0.05, 0.1) is 44.4 Å². The first-order chi connectivity index (χ1) is 11.4. The van der Waals surface area contributed by atoms with Crippen molar-refractivity contribution in [2.45, 2.75) is 12.2 Å². The van der Waals surface area contributed by atoms with Crippen molar-refractivity contribution >= 4 is 58.3 Å². The summed E-state index contributed by atoms with van der Waals surface area (Å²) in [5, 5.41) is -0.865. The van der Waals surface area contributed by atoms with Crippen molar-refractivity contribution in [2.24, 2.45) is 0 Å². The summed E-state index contributed by atoms with van der Waals surface area (Å²) in [5.41, 5.74) is -0.494. The summed E-state index contributed by atoms with van der Waals surface area (Å²) in [4.78, 5) is 24.4. The molecule has 0 bridgehead atoms. The quantitative estimate of drug-likeness (QED) is 0.306. The second-order valence-corrected chi connectivity index (χ2v) is 6.63. The van der Waals surface area contributed by atoms with E-state index in [2.05, 4.69) is 0 Å². The predicted octanol–water partition coefficient (Wildman–Crippen LogP) is 3.41. The Labute approximate surface area is 156 Å². The maximum Gasteiger partial charge on any atom is 0.341 e. The molecule has 0 spiro atoms. The lowest BCUT2D eigenvalue weighted by molar-refractivity contribution is 0.0474. The van der Waals surface area contributed by atoms with Crippen LogP contribution in [0.25, 0.3) is 0 Å². The number of epoxide rings is 2. The van der Waals surface area contributed by atoms with Gasteiger partial charge in [-0.2, -0.15) is 0 Å². The van der Waals surface area contributed by atoms with E-state index >= 15 is 0 Å². The zero-order valence-corrected chi connectivity index (χ0v) is 15.0. The van der Waals surface area contributed by atoms with Crippen LogP contribution in [0.3, 0.4) is 0 Å². The van der Waals surface area contributed by atoms with E-state index in [9.17, 15) is 9.59 Å². The van der Waals surface area contributed by atoms with Gasteiger partial charge in [0.1, 0.15) is 25.4 Å². The fourth-order valence-electron chi connectivity index (χ4n) is 1.80. The molecule has 0 N–H and O–H groups in total. The summed E-state index contributed by atoms with van der Waals surface area (Å²) in [6.07, 6.45) is -0.283. The molecule has 2 aliphatic heterocycles. The molecule has 6 nitrogen and oxygen atoms in total. The van der Waals surface area contributed by atoms with E-state index in [0.717, 1.165) is 0 Å². The molecule has 2 saturated heterocycles. The Morgan fingerprint density at radius 1 is 0.792 bits per heavy atom. The lowest BCUT2D eigenvalue weighted by Crippen LogP contribution is -2.16. The standard InChI is InChI=1S/C14H10Cl4O6/c15-9-7(13(19)23-3-5-1-21-5)10(16)12(18)11(17)8(9)14(20)24-4-6-2-22-6/h5-6H,1-4H2. The van der Waals surface area contributed by atoms with Crippen molar-refractivity contribution in [3.63, 3.8) is 0 Å². The number of benzene rings is 1. The van der Waals surface area contributed by atoms with Gasteiger partial charge >= 0.3 is 11.9 Å². The lowest BCUT2D eigenvalue weighted by atomic mass is 10.1. The molecule has 130 valence electrons. The summed E-state index contributed by atoms with van der Waals surface area (Å²) >= 11 is 24.2. The first-order valence-electron chi connectivity index (χ1n) is 6.83. The zero-order chi connectivity index (χ0) is 17.4. The number of hydrogen-bond acceptors (Lipinski definition) is 6. The van der Waals surface area contributed by atoms with Crippen LogP contribution in [0.15, 0.2) is 0 Å². The number of carbonyl (C=O) groups excluding carboxylic acids is 2. The summed E-state index contributed by atoms with van der Waals surface area (Å²) in [5.74, 6) is -1.67. The van der Waals surface area contributed by atoms with Crippen LogP contribution < -0.4 is 0 Å². The van der Waals surface area contributed by atoms with Gasteiger partial charge in [-0.25, -0.2) is 9.59 Å². The molecule has 0 saturated carbocycles. The number of hydrogen-bond donors (Lipinski definition) is 0. The third-order valence-electron chi connectivity index (χ3n) is 3.28. The van der Waals surface area contributed by atoms with Crippen LogP contribution in [0.1, 0.15) is 20.7 Å². The molecule has 0 radical (unpaired) electrons. The van der Waals surface area contributed by atoms with E-state index < -0.39 is 11.9 Å². The average Bonchev–Trinajstić information content (AvgIpc) is 3.43. The highest BCUT2D eigenvalue weighted by Gasteiger charge is 2.32. The lowest BCUT2D eigenvalue weighted by Gasteiger charge is -2.14. The molecule has 2 heterocycles. The Morgan fingerprint density at radius 3 is 1.50 bits per heavy atom. The van der Waals surface area contributed by atoms with Crippen molar-refractivity contribution in [3.05, 3.63) is 31.2 Å². The van der Waals surface area contributed by atoms with Crippen molar-refractivity contribution in [1.29, 1.82) is 0 Å². The van der Waals surface area contributed by atoms with E-state index in [1.54, 1.807) is 0 Å². The van der Waals surface area contributed by atoms with Gasteiger partial charge in [-0.05, 0) is 0 Å². The van der Waals surface area contributed by atoms with Crippen LogP contribution in [0.4, 0.5) is 0 Å².